The summed E-state index contributed by atoms with van der Waals surface area (Å²) in [7, 11) is 0. The highest BCUT2D eigenvalue weighted by atomic mass is 16.5. The molecule has 1 fully saturated rings. The molecule has 2 atom stereocenters. The van der Waals surface area contributed by atoms with Crippen LogP contribution in [-0.4, -0.2) is 86.4 Å². The number of carbonyl (C=O) groups is 2. The number of hydrazine groups is 1. The molecule has 1 saturated carbocycles. The quantitative estimate of drug-likeness (QED) is 0.0311. The van der Waals surface area contributed by atoms with Gasteiger partial charge in [0.05, 0.1) is 25.0 Å². The molecule has 0 radical (unpaired) electrons. The zero-order valence-corrected chi connectivity index (χ0v) is 43.4. The van der Waals surface area contributed by atoms with Crippen LogP contribution in [0.1, 0.15) is 265 Å². The van der Waals surface area contributed by atoms with Crippen molar-refractivity contribution < 1.29 is 19.1 Å². The van der Waals surface area contributed by atoms with E-state index < -0.39 is 0 Å². The van der Waals surface area contributed by atoms with Crippen molar-refractivity contribution in [2.75, 3.05) is 59.0 Å². The van der Waals surface area contributed by atoms with Crippen molar-refractivity contribution in [3.05, 3.63) is 0 Å². The first-order valence-electron chi connectivity index (χ1n) is 28.4. The summed E-state index contributed by atoms with van der Waals surface area (Å²) in [6.07, 6.45) is 43.4. The molecule has 0 saturated heterocycles. The maximum absolute atomic E-state index is 13.2. The van der Waals surface area contributed by atoms with Gasteiger partial charge in [0.1, 0.15) is 0 Å². The molecule has 0 aromatic heterocycles. The molecule has 0 spiro atoms. The molecule has 5 N–H and O–H groups in total. The molecule has 0 amide bonds. The molecule has 0 aromatic rings. The molecule has 0 bridgehead atoms. The molecule has 380 valence electrons. The van der Waals surface area contributed by atoms with Crippen molar-refractivity contribution in [3.8, 4) is 0 Å². The van der Waals surface area contributed by atoms with E-state index >= 15 is 0 Å². The normalized spacial score (nSPS) is 14.6. The third-order valence-electron chi connectivity index (χ3n) is 14.3. The minimum absolute atomic E-state index is 0.0502. The average molecular weight is 907 g/mol. The molecule has 2 unspecified atom stereocenters. The molecule has 1 aliphatic carbocycles. The molecule has 9 nitrogen and oxygen atoms in total. The number of nitrogens with zero attached hydrogens (tertiary/aromatic N) is 2. The van der Waals surface area contributed by atoms with Gasteiger partial charge in [0.25, 0.3) is 0 Å². The molecule has 0 heterocycles. The average Bonchev–Trinajstić information content (AvgIpc) is 3.28. The molecule has 1 rings (SSSR count). The van der Waals surface area contributed by atoms with Gasteiger partial charge in [0, 0.05) is 25.2 Å². The number of carbonyl (C=O) groups excluding carboxylic acids is 2. The van der Waals surface area contributed by atoms with Crippen LogP contribution in [0.15, 0.2) is 0 Å². The Morgan fingerprint density at radius 2 is 0.875 bits per heavy atom. The lowest BCUT2D eigenvalue weighted by Gasteiger charge is -2.51. The van der Waals surface area contributed by atoms with Crippen LogP contribution in [0.5, 0.6) is 0 Å². The monoisotopic (exact) mass is 906 g/mol. The Morgan fingerprint density at radius 3 is 1.34 bits per heavy atom. The topological polar surface area (TPSA) is 123 Å². The highest BCUT2D eigenvalue weighted by Gasteiger charge is 2.41. The Labute approximate surface area is 398 Å². The van der Waals surface area contributed by atoms with Gasteiger partial charge in [-0.15, -0.1) is 0 Å². The second kappa shape index (κ2) is 44.3. The number of hydrogen-bond donors (Lipinski definition) is 3. The van der Waals surface area contributed by atoms with Crippen molar-refractivity contribution in [1.82, 2.24) is 15.3 Å². The van der Waals surface area contributed by atoms with Crippen LogP contribution in [0, 0.1) is 11.8 Å². The van der Waals surface area contributed by atoms with E-state index in [1.54, 1.807) is 0 Å². The van der Waals surface area contributed by atoms with E-state index in [2.05, 4.69) is 43.0 Å². The highest BCUT2D eigenvalue weighted by molar-refractivity contribution is 5.72. The highest BCUT2D eigenvalue weighted by Crippen LogP contribution is 2.42. The Kier molecular flexibility index (Phi) is 42.0. The van der Waals surface area contributed by atoms with Crippen LogP contribution in [0.4, 0.5) is 0 Å². The number of ether oxygens (including phenoxy) is 2. The lowest BCUT2D eigenvalue weighted by atomic mass is 9.71. The van der Waals surface area contributed by atoms with Gasteiger partial charge in [0.15, 0.2) is 0 Å². The summed E-state index contributed by atoms with van der Waals surface area (Å²) in [6.45, 7) is 16.7. The standard InChI is InChI=1S/C55H111N5O4/c1-5-9-13-17-19-24-37-51(35-22-15-11-7-3)53(61)63-49-30-21-27-44-58-60(48-34-43-57)47-29-28-45-59(46-33-42-56)55(40-32-41-55)39-26-31-50-64-54(62)52(36-23-16-12-8-4)38-25-20-18-14-10-6-2/h51-52,58H,5-50,56-57H2,1-4H3. The van der Waals surface area contributed by atoms with Crippen LogP contribution >= 0.6 is 0 Å². The first kappa shape index (κ1) is 60.8. The number of nitrogens with one attached hydrogen (secondary N) is 1. The predicted molar refractivity (Wildman–Crippen MR) is 274 cm³/mol. The maximum atomic E-state index is 13.2. The van der Waals surface area contributed by atoms with Crippen LogP contribution < -0.4 is 16.9 Å². The summed E-state index contributed by atoms with van der Waals surface area (Å²) >= 11 is 0. The first-order valence-corrected chi connectivity index (χ1v) is 28.4. The Bertz CT molecular complexity index is 1030. The van der Waals surface area contributed by atoms with Gasteiger partial charge in [-0.1, -0.05) is 156 Å². The van der Waals surface area contributed by atoms with Crippen LogP contribution in [0.3, 0.4) is 0 Å². The molecular weight excluding hydrogens is 795 g/mol. The smallest absolute Gasteiger partial charge is 0.308 e. The van der Waals surface area contributed by atoms with E-state index in [1.165, 1.54) is 135 Å². The number of rotatable bonds is 50. The minimum Gasteiger partial charge on any atom is -0.465 e. The van der Waals surface area contributed by atoms with Gasteiger partial charge in [-0.2, -0.15) is 0 Å². The second-order valence-corrected chi connectivity index (χ2v) is 20.0. The predicted octanol–water partition coefficient (Wildman–Crippen LogP) is 13.6. The number of nitrogens with two attached hydrogens (primary N) is 2. The fourth-order valence-corrected chi connectivity index (χ4v) is 9.85. The zero-order valence-electron chi connectivity index (χ0n) is 43.4. The lowest BCUT2D eigenvalue weighted by molar-refractivity contribution is -0.150. The Morgan fingerprint density at radius 1 is 0.484 bits per heavy atom. The van der Waals surface area contributed by atoms with Crippen molar-refractivity contribution in [2.45, 2.75) is 271 Å². The van der Waals surface area contributed by atoms with Crippen LogP contribution in [-0.2, 0) is 19.1 Å². The molecule has 64 heavy (non-hydrogen) atoms. The van der Waals surface area contributed by atoms with Gasteiger partial charge < -0.3 is 20.9 Å². The number of hydrogen-bond acceptors (Lipinski definition) is 9. The largest absolute Gasteiger partial charge is 0.465 e. The van der Waals surface area contributed by atoms with Crippen molar-refractivity contribution >= 4 is 11.9 Å². The second-order valence-electron chi connectivity index (χ2n) is 20.0. The van der Waals surface area contributed by atoms with Crippen LogP contribution in [0.25, 0.3) is 0 Å². The van der Waals surface area contributed by atoms with E-state index in [4.69, 9.17) is 20.9 Å². The number of unbranched alkanes of at least 4 members (excludes halogenated alkanes) is 20. The number of esters is 2. The van der Waals surface area contributed by atoms with Gasteiger partial charge in [0.2, 0.25) is 0 Å². The van der Waals surface area contributed by atoms with E-state index in [9.17, 15) is 9.59 Å². The van der Waals surface area contributed by atoms with Crippen molar-refractivity contribution in [2.24, 2.45) is 23.3 Å². The van der Waals surface area contributed by atoms with E-state index in [0.717, 1.165) is 142 Å². The molecule has 0 aliphatic heterocycles. The Hall–Kier alpha value is -1.26. The van der Waals surface area contributed by atoms with Crippen LogP contribution in [0.2, 0.25) is 0 Å². The molecular formula is C55H111N5O4. The lowest BCUT2D eigenvalue weighted by Crippen LogP contribution is -2.54. The zero-order chi connectivity index (χ0) is 46.6. The fraction of sp³-hybridized carbons (Fsp3) is 0.964. The van der Waals surface area contributed by atoms with Crippen molar-refractivity contribution in [1.29, 1.82) is 0 Å². The van der Waals surface area contributed by atoms with E-state index in [1.807, 2.05) is 0 Å². The molecule has 9 heteroatoms. The van der Waals surface area contributed by atoms with Gasteiger partial charge >= 0.3 is 11.9 Å². The SMILES string of the molecule is CCCCCCCCC(CCCCCC)C(=O)OCCCCCNN(CCCN)CCCCN(CCCN)C1(CCCCOC(=O)C(CCCCCC)CCCCCCCC)CCC1. The van der Waals surface area contributed by atoms with Gasteiger partial charge in [-0.25, -0.2) is 5.01 Å². The summed E-state index contributed by atoms with van der Waals surface area (Å²) in [5, 5.41) is 2.40. The summed E-state index contributed by atoms with van der Waals surface area (Å²) < 4.78 is 11.8. The molecule has 0 aromatic carbocycles. The van der Waals surface area contributed by atoms with E-state index in [0.29, 0.717) is 19.8 Å². The maximum Gasteiger partial charge on any atom is 0.308 e. The summed E-state index contributed by atoms with van der Waals surface area (Å²) in [5.41, 5.74) is 16.0. The van der Waals surface area contributed by atoms with Gasteiger partial charge in [-0.3, -0.25) is 19.9 Å². The molecule has 1 aliphatic rings. The van der Waals surface area contributed by atoms with Crippen molar-refractivity contribution in [3.63, 3.8) is 0 Å². The summed E-state index contributed by atoms with van der Waals surface area (Å²) in [5.74, 6) is 0.281. The summed E-state index contributed by atoms with van der Waals surface area (Å²) in [4.78, 5) is 29.1. The Balaban J connectivity index is 2.49. The van der Waals surface area contributed by atoms with E-state index in [-0.39, 0.29) is 29.3 Å². The third kappa shape index (κ3) is 31.7. The van der Waals surface area contributed by atoms with Gasteiger partial charge in [-0.05, 0) is 135 Å². The first-order chi connectivity index (χ1) is 31.4. The summed E-state index contributed by atoms with van der Waals surface area (Å²) in [6, 6.07) is 0. The minimum atomic E-state index is 0.0502. The third-order valence-corrected chi connectivity index (χ3v) is 14.3. The fourth-order valence-electron chi connectivity index (χ4n) is 9.85.